The Kier molecular flexibility index (Phi) is 2.53. The van der Waals surface area contributed by atoms with Gasteiger partial charge in [-0.25, -0.2) is 5.84 Å². The minimum absolute atomic E-state index is 0.160. The summed E-state index contributed by atoms with van der Waals surface area (Å²) in [5, 5.41) is 9.67. The summed E-state index contributed by atoms with van der Waals surface area (Å²) < 4.78 is 1.53. The van der Waals surface area contributed by atoms with Gasteiger partial charge in [0.2, 0.25) is 5.52 Å². The number of hydrogen-bond acceptors (Lipinski definition) is 2. The fourth-order valence-electron chi connectivity index (χ4n) is 1.46. The van der Waals surface area contributed by atoms with Crippen LogP contribution in [0, 0.1) is 11.8 Å². The lowest BCUT2D eigenvalue weighted by atomic mass is 10.2. The molecule has 2 aromatic rings. The van der Waals surface area contributed by atoms with E-state index < -0.39 is 0 Å². The molecular formula is C12H11N2O+. The second-order valence-electron chi connectivity index (χ2n) is 3.11. The molecule has 3 N–H and O–H groups in total. The molecular weight excluding hydrogens is 188 g/mol. The molecule has 3 nitrogen and oxygen atoms in total. The van der Waals surface area contributed by atoms with Gasteiger partial charge in [-0.3, -0.25) is 0 Å². The highest BCUT2D eigenvalue weighted by Gasteiger charge is 2.09. The first kappa shape index (κ1) is 9.50. The van der Waals surface area contributed by atoms with E-state index in [9.17, 15) is 0 Å². The number of nitrogen functional groups attached to an aromatic ring is 1. The van der Waals surface area contributed by atoms with Crippen LogP contribution in [0.25, 0.3) is 10.9 Å². The van der Waals surface area contributed by atoms with Gasteiger partial charge in [0.25, 0.3) is 5.69 Å². The number of aliphatic hydroxyl groups excluding tert-OH is 1. The molecule has 1 heterocycles. The molecule has 0 saturated heterocycles. The van der Waals surface area contributed by atoms with E-state index in [1.165, 1.54) is 4.68 Å². The van der Waals surface area contributed by atoms with Crippen molar-refractivity contribution in [1.82, 2.24) is 0 Å². The van der Waals surface area contributed by atoms with Gasteiger partial charge in [0.1, 0.15) is 6.61 Å². The monoisotopic (exact) mass is 199 g/mol. The minimum Gasteiger partial charge on any atom is -0.384 e. The van der Waals surface area contributed by atoms with Crippen LogP contribution in [0.5, 0.6) is 0 Å². The number of fused-ring (bicyclic) bond motifs is 1. The summed E-state index contributed by atoms with van der Waals surface area (Å²) in [7, 11) is 0. The molecule has 0 unspecified atom stereocenters. The predicted octanol–water partition coefficient (Wildman–Crippen LogP) is 0.185. The number of rotatable bonds is 0. The van der Waals surface area contributed by atoms with Gasteiger partial charge in [0.15, 0.2) is 0 Å². The van der Waals surface area contributed by atoms with E-state index >= 15 is 0 Å². The number of aromatic nitrogens is 1. The molecule has 0 aliphatic heterocycles. The Morgan fingerprint density at radius 3 is 2.80 bits per heavy atom. The summed E-state index contributed by atoms with van der Waals surface area (Å²) >= 11 is 0. The van der Waals surface area contributed by atoms with Gasteiger partial charge in [-0.15, -0.1) is 0 Å². The fraction of sp³-hybridized carbons (Fsp3) is 0.0833. The molecule has 0 spiro atoms. The van der Waals surface area contributed by atoms with Crippen molar-refractivity contribution in [2.24, 2.45) is 0 Å². The number of hydrogen-bond donors (Lipinski definition) is 2. The van der Waals surface area contributed by atoms with Gasteiger partial charge in [0, 0.05) is 23.4 Å². The first-order chi connectivity index (χ1) is 7.33. The van der Waals surface area contributed by atoms with Crippen molar-refractivity contribution in [2.75, 3.05) is 12.4 Å². The van der Waals surface area contributed by atoms with Crippen LogP contribution in [-0.2, 0) is 0 Å². The zero-order valence-electron chi connectivity index (χ0n) is 8.14. The van der Waals surface area contributed by atoms with Crippen LogP contribution in [0.15, 0.2) is 36.4 Å². The van der Waals surface area contributed by atoms with Crippen LogP contribution < -0.4 is 10.5 Å². The van der Waals surface area contributed by atoms with Crippen LogP contribution in [0.4, 0.5) is 0 Å². The highest BCUT2D eigenvalue weighted by molar-refractivity contribution is 5.75. The Bertz CT molecular complexity index is 552. The van der Waals surface area contributed by atoms with Gasteiger partial charge >= 0.3 is 0 Å². The maximum Gasteiger partial charge on any atom is 0.286 e. The second-order valence-corrected chi connectivity index (χ2v) is 3.11. The van der Waals surface area contributed by atoms with E-state index in [0.717, 1.165) is 10.9 Å². The third kappa shape index (κ3) is 1.76. The molecule has 3 heteroatoms. The van der Waals surface area contributed by atoms with Crippen LogP contribution in [0.2, 0.25) is 0 Å². The van der Waals surface area contributed by atoms with Gasteiger partial charge in [-0.2, -0.15) is 0 Å². The predicted molar refractivity (Wildman–Crippen MR) is 58.3 cm³/mol. The summed E-state index contributed by atoms with van der Waals surface area (Å²) in [6.45, 7) is -0.160. The molecule has 1 aromatic heterocycles. The smallest absolute Gasteiger partial charge is 0.286 e. The van der Waals surface area contributed by atoms with E-state index in [2.05, 4.69) is 11.8 Å². The van der Waals surface area contributed by atoms with Crippen LogP contribution in [0.3, 0.4) is 0 Å². The second kappa shape index (κ2) is 3.99. The lowest BCUT2D eigenvalue weighted by molar-refractivity contribution is -0.614. The summed E-state index contributed by atoms with van der Waals surface area (Å²) in [5.74, 6) is 11.3. The molecule has 0 saturated carbocycles. The number of aliphatic hydroxyl groups is 1. The molecule has 74 valence electrons. The standard InChI is InChI=1S/C12H11N2O/c13-14-11(5-3-9-15)8-7-10-4-1-2-6-12(10)14/h1-2,4,6-8,15H,9,13H2/q+1. The van der Waals surface area contributed by atoms with Crippen LogP contribution in [-0.4, -0.2) is 11.7 Å². The fourth-order valence-corrected chi connectivity index (χ4v) is 1.46. The lowest BCUT2D eigenvalue weighted by Crippen LogP contribution is -2.48. The number of nitrogens with two attached hydrogens (primary N) is 1. The van der Waals surface area contributed by atoms with Crippen molar-refractivity contribution in [3.05, 3.63) is 42.1 Å². The first-order valence-electron chi connectivity index (χ1n) is 4.61. The highest BCUT2D eigenvalue weighted by Crippen LogP contribution is 2.08. The van der Waals surface area contributed by atoms with Gasteiger partial charge in [-0.05, 0) is 12.1 Å². The maximum atomic E-state index is 8.61. The Labute approximate surface area is 87.7 Å². The average molecular weight is 199 g/mol. The SMILES string of the molecule is N[n+]1c(C#CCO)ccc2ccccc21. The van der Waals surface area contributed by atoms with Crippen LogP contribution >= 0.6 is 0 Å². The van der Waals surface area contributed by atoms with Gasteiger partial charge in [0.05, 0.1) is 0 Å². The molecule has 1 aromatic carbocycles. The summed E-state index contributed by atoms with van der Waals surface area (Å²) in [4.78, 5) is 0. The molecule has 0 bridgehead atoms. The Hall–Kier alpha value is -2.05. The number of para-hydroxylation sites is 1. The molecule has 0 aliphatic rings. The lowest BCUT2D eigenvalue weighted by Gasteiger charge is -1.96. The zero-order chi connectivity index (χ0) is 10.7. The number of nitrogens with zero attached hydrogens (tertiary/aromatic N) is 1. The van der Waals surface area contributed by atoms with Crippen molar-refractivity contribution in [1.29, 1.82) is 0 Å². The molecule has 0 radical (unpaired) electrons. The zero-order valence-corrected chi connectivity index (χ0v) is 8.14. The molecule has 15 heavy (non-hydrogen) atoms. The quantitative estimate of drug-likeness (QED) is 0.361. The van der Waals surface area contributed by atoms with E-state index in [-0.39, 0.29) is 6.61 Å². The molecule has 0 atom stereocenters. The van der Waals surface area contributed by atoms with Crippen molar-refractivity contribution >= 4 is 10.9 Å². The Morgan fingerprint density at radius 2 is 2.00 bits per heavy atom. The van der Waals surface area contributed by atoms with E-state index in [4.69, 9.17) is 10.9 Å². The average Bonchev–Trinajstić information content (AvgIpc) is 2.29. The number of pyridine rings is 1. The summed E-state index contributed by atoms with van der Waals surface area (Å²) in [5.41, 5.74) is 1.60. The molecule has 2 rings (SSSR count). The highest BCUT2D eigenvalue weighted by atomic mass is 16.2. The summed E-state index contributed by atoms with van der Waals surface area (Å²) in [6, 6.07) is 11.6. The van der Waals surface area contributed by atoms with Gasteiger partial charge in [-0.1, -0.05) is 22.7 Å². The van der Waals surface area contributed by atoms with Crippen molar-refractivity contribution in [3.8, 4) is 11.8 Å². The summed E-state index contributed by atoms with van der Waals surface area (Å²) in [6.07, 6.45) is 0. The van der Waals surface area contributed by atoms with E-state index in [1.54, 1.807) is 0 Å². The maximum absolute atomic E-state index is 8.61. The Balaban J connectivity index is 2.65. The Morgan fingerprint density at radius 1 is 1.20 bits per heavy atom. The largest absolute Gasteiger partial charge is 0.384 e. The molecule has 0 fully saturated rings. The first-order valence-corrected chi connectivity index (χ1v) is 4.61. The normalized spacial score (nSPS) is 9.67. The van der Waals surface area contributed by atoms with Crippen molar-refractivity contribution in [2.45, 2.75) is 0 Å². The van der Waals surface area contributed by atoms with Crippen molar-refractivity contribution in [3.63, 3.8) is 0 Å². The van der Waals surface area contributed by atoms with Gasteiger partial charge < -0.3 is 5.11 Å². The number of benzene rings is 1. The van der Waals surface area contributed by atoms with E-state index in [0.29, 0.717) is 5.69 Å². The van der Waals surface area contributed by atoms with Crippen LogP contribution in [0.1, 0.15) is 5.69 Å². The molecule has 0 aliphatic carbocycles. The third-order valence-corrected chi connectivity index (χ3v) is 2.17. The third-order valence-electron chi connectivity index (χ3n) is 2.17. The van der Waals surface area contributed by atoms with Crippen molar-refractivity contribution < 1.29 is 9.78 Å². The van der Waals surface area contributed by atoms with E-state index in [1.807, 2.05) is 36.4 Å². The molecule has 0 amide bonds. The minimum atomic E-state index is -0.160. The topological polar surface area (TPSA) is 50.1 Å².